The van der Waals surface area contributed by atoms with Crippen molar-refractivity contribution in [3.63, 3.8) is 0 Å². The lowest BCUT2D eigenvalue weighted by molar-refractivity contribution is 0.153. The highest BCUT2D eigenvalue weighted by Gasteiger charge is 2.38. The molecular formula is C16H19ClFN5OS. The average Bonchev–Trinajstić information content (AvgIpc) is 2.75. The number of pyridine rings is 1. The average molecular weight is 384 g/mol. The molecule has 2 aliphatic heterocycles. The van der Waals surface area contributed by atoms with E-state index in [-0.39, 0.29) is 22.8 Å². The molecule has 0 bridgehead atoms. The number of hydrogen-bond acceptors (Lipinski definition) is 7. The number of ether oxygens (including phenoxy) is 1. The summed E-state index contributed by atoms with van der Waals surface area (Å²) in [5, 5.41) is 4.26. The predicted molar refractivity (Wildman–Crippen MR) is 97.4 cm³/mol. The van der Waals surface area contributed by atoms with Crippen molar-refractivity contribution in [2.24, 2.45) is 0 Å². The molecule has 0 amide bonds. The van der Waals surface area contributed by atoms with Gasteiger partial charge in [-0.1, -0.05) is 37.2 Å². The summed E-state index contributed by atoms with van der Waals surface area (Å²) in [6.07, 6.45) is 0.723. The molecule has 25 heavy (non-hydrogen) atoms. The van der Waals surface area contributed by atoms with Crippen LogP contribution in [0.1, 0.15) is 20.3 Å². The summed E-state index contributed by atoms with van der Waals surface area (Å²) in [6.45, 7) is 6.48. The largest absolute Gasteiger partial charge is 0.471 e. The van der Waals surface area contributed by atoms with Crippen LogP contribution in [0, 0.1) is 5.82 Å². The molecule has 1 fully saturated rings. The lowest BCUT2D eigenvalue weighted by Crippen LogP contribution is -2.57. The fraction of sp³-hybridized carbons (Fsp3) is 0.562. The number of fused-ring (bicyclic) bond motifs is 2. The molecule has 1 N–H and O–H groups in total. The summed E-state index contributed by atoms with van der Waals surface area (Å²) in [7, 11) is 0. The number of anilines is 1. The van der Waals surface area contributed by atoms with Crippen molar-refractivity contribution in [1.29, 1.82) is 0 Å². The first-order valence-electron chi connectivity index (χ1n) is 8.47. The maximum Gasteiger partial charge on any atom is 0.228 e. The van der Waals surface area contributed by atoms with E-state index in [4.69, 9.17) is 21.3 Å². The summed E-state index contributed by atoms with van der Waals surface area (Å²) in [4.78, 5) is 15.5. The maximum absolute atomic E-state index is 14.7. The van der Waals surface area contributed by atoms with Gasteiger partial charge in [0.2, 0.25) is 5.88 Å². The number of thioether (sulfide) groups is 1. The minimum atomic E-state index is -0.618. The molecule has 4 rings (SSSR count). The van der Waals surface area contributed by atoms with Gasteiger partial charge in [-0.15, -0.1) is 0 Å². The van der Waals surface area contributed by atoms with E-state index in [9.17, 15) is 4.39 Å². The molecule has 2 unspecified atom stereocenters. The third kappa shape index (κ3) is 2.80. The van der Waals surface area contributed by atoms with Gasteiger partial charge in [0.25, 0.3) is 0 Å². The fourth-order valence-corrected chi connectivity index (χ4v) is 4.19. The number of rotatable bonds is 3. The van der Waals surface area contributed by atoms with Crippen LogP contribution in [0.4, 0.5) is 10.2 Å². The molecule has 0 spiro atoms. The lowest BCUT2D eigenvalue weighted by Gasteiger charge is -2.39. The quantitative estimate of drug-likeness (QED) is 0.496. The van der Waals surface area contributed by atoms with Crippen molar-refractivity contribution >= 4 is 40.1 Å². The number of hydrogen-bond donors (Lipinski definition) is 1. The normalized spacial score (nSPS) is 22.5. The Hall–Kier alpha value is -1.38. The molecule has 9 heteroatoms. The molecule has 0 aromatic carbocycles. The van der Waals surface area contributed by atoms with E-state index in [1.807, 2.05) is 6.92 Å². The van der Waals surface area contributed by atoms with Gasteiger partial charge in [0.05, 0.1) is 6.04 Å². The molecule has 4 heterocycles. The molecule has 0 radical (unpaired) electrons. The van der Waals surface area contributed by atoms with E-state index in [1.54, 1.807) is 0 Å². The SMILES string of the molecule is CCSc1nc2c3c(nc(Cl)c(F)c3n1)OC(CC)C1CNCCN21. The molecule has 2 aromatic rings. The minimum Gasteiger partial charge on any atom is -0.471 e. The highest BCUT2D eigenvalue weighted by molar-refractivity contribution is 7.99. The minimum absolute atomic E-state index is 0.0819. The van der Waals surface area contributed by atoms with Crippen LogP contribution in [-0.4, -0.2) is 52.5 Å². The molecule has 0 aliphatic carbocycles. The van der Waals surface area contributed by atoms with E-state index in [2.05, 4.69) is 27.1 Å². The number of nitrogens with one attached hydrogen (secondary N) is 1. The Kier molecular flexibility index (Phi) is 4.59. The van der Waals surface area contributed by atoms with Crippen LogP contribution >= 0.6 is 23.4 Å². The molecule has 2 aliphatic rings. The Morgan fingerprint density at radius 2 is 2.20 bits per heavy atom. The van der Waals surface area contributed by atoms with Gasteiger partial charge in [0.15, 0.2) is 16.1 Å². The van der Waals surface area contributed by atoms with Gasteiger partial charge in [0.1, 0.15) is 22.8 Å². The first kappa shape index (κ1) is 17.1. The van der Waals surface area contributed by atoms with Crippen LogP contribution in [0.2, 0.25) is 5.15 Å². The van der Waals surface area contributed by atoms with Crippen molar-refractivity contribution in [1.82, 2.24) is 20.3 Å². The van der Waals surface area contributed by atoms with Gasteiger partial charge in [-0.25, -0.2) is 14.4 Å². The maximum atomic E-state index is 14.7. The van der Waals surface area contributed by atoms with Gasteiger partial charge in [-0.3, -0.25) is 0 Å². The Morgan fingerprint density at radius 3 is 2.96 bits per heavy atom. The zero-order valence-corrected chi connectivity index (χ0v) is 15.6. The van der Waals surface area contributed by atoms with Gasteiger partial charge in [0, 0.05) is 19.6 Å². The molecule has 2 atom stereocenters. The van der Waals surface area contributed by atoms with Gasteiger partial charge in [-0.2, -0.15) is 4.98 Å². The second-order valence-electron chi connectivity index (χ2n) is 6.04. The van der Waals surface area contributed by atoms with Crippen LogP contribution in [-0.2, 0) is 0 Å². The Labute approximate surface area is 154 Å². The van der Waals surface area contributed by atoms with Crippen LogP contribution in [0.25, 0.3) is 10.9 Å². The number of halogens is 2. The lowest BCUT2D eigenvalue weighted by atomic mass is 10.0. The van der Waals surface area contributed by atoms with E-state index in [0.29, 0.717) is 22.2 Å². The third-order valence-electron chi connectivity index (χ3n) is 4.60. The van der Waals surface area contributed by atoms with Crippen molar-refractivity contribution in [2.75, 3.05) is 30.3 Å². The second kappa shape index (κ2) is 6.74. The standard InChI is InChI=1S/C16H19ClFN5OS/c1-3-9-8-7-19-5-6-23(8)14-10-12(20-16(22-14)25-4-2)11(18)13(17)21-15(10)24-9/h8-9,19H,3-7H2,1-2H3. The van der Waals surface area contributed by atoms with Crippen LogP contribution in [0.3, 0.4) is 0 Å². The van der Waals surface area contributed by atoms with E-state index >= 15 is 0 Å². The molecular weight excluding hydrogens is 365 g/mol. The van der Waals surface area contributed by atoms with Crippen molar-refractivity contribution in [2.45, 2.75) is 37.6 Å². The zero-order chi connectivity index (χ0) is 17.6. The van der Waals surface area contributed by atoms with E-state index in [0.717, 1.165) is 31.8 Å². The van der Waals surface area contributed by atoms with Crippen molar-refractivity contribution < 1.29 is 9.13 Å². The first-order valence-corrected chi connectivity index (χ1v) is 9.83. The predicted octanol–water partition coefficient (Wildman–Crippen LogP) is 2.88. The smallest absolute Gasteiger partial charge is 0.228 e. The fourth-order valence-electron chi connectivity index (χ4n) is 3.46. The third-order valence-corrected chi connectivity index (χ3v) is 5.58. The summed E-state index contributed by atoms with van der Waals surface area (Å²) in [5.74, 6) is 1.21. The highest BCUT2D eigenvalue weighted by Crippen LogP contribution is 2.40. The molecule has 134 valence electrons. The van der Waals surface area contributed by atoms with Crippen LogP contribution in [0.5, 0.6) is 5.88 Å². The number of aromatic nitrogens is 3. The monoisotopic (exact) mass is 383 g/mol. The van der Waals surface area contributed by atoms with Crippen molar-refractivity contribution in [3.8, 4) is 5.88 Å². The second-order valence-corrected chi connectivity index (χ2v) is 7.63. The summed E-state index contributed by atoms with van der Waals surface area (Å²) < 4.78 is 20.8. The van der Waals surface area contributed by atoms with Crippen LogP contribution in [0.15, 0.2) is 5.16 Å². The van der Waals surface area contributed by atoms with E-state index in [1.165, 1.54) is 11.8 Å². The number of nitrogens with zero attached hydrogens (tertiary/aromatic N) is 4. The Morgan fingerprint density at radius 1 is 1.36 bits per heavy atom. The first-order chi connectivity index (χ1) is 12.1. The van der Waals surface area contributed by atoms with Gasteiger partial charge < -0.3 is 15.0 Å². The summed E-state index contributed by atoms with van der Waals surface area (Å²) in [5.41, 5.74) is 0.185. The molecule has 2 aromatic heterocycles. The summed E-state index contributed by atoms with van der Waals surface area (Å²) in [6, 6.07) is 0.104. The molecule has 0 saturated carbocycles. The van der Waals surface area contributed by atoms with E-state index < -0.39 is 5.82 Å². The van der Waals surface area contributed by atoms with Gasteiger partial charge >= 0.3 is 0 Å². The Balaban J connectivity index is 2.01. The topological polar surface area (TPSA) is 63.2 Å². The molecule has 1 saturated heterocycles. The zero-order valence-electron chi connectivity index (χ0n) is 14.1. The van der Waals surface area contributed by atoms with Gasteiger partial charge in [-0.05, 0) is 12.2 Å². The van der Waals surface area contributed by atoms with Crippen molar-refractivity contribution in [3.05, 3.63) is 11.0 Å². The summed E-state index contributed by atoms with van der Waals surface area (Å²) >= 11 is 7.50. The number of piperazine rings is 1. The molecule has 6 nitrogen and oxygen atoms in total. The van der Waals surface area contributed by atoms with Crippen LogP contribution < -0.4 is 15.0 Å². The highest BCUT2D eigenvalue weighted by atomic mass is 35.5. The Bertz CT molecular complexity index is 823.